The Morgan fingerprint density at radius 2 is 1.79 bits per heavy atom. The Balaban J connectivity index is 1.57. The van der Waals surface area contributed by atoms with Gasteiger partial charge in [0.05, 0.1) is 23.4 Å². The quantitative estimate of drug-likeness (QED) is 0.385. The summed E-state index contributed by atoms with van der Waals surface area (Å²) in [6, 6.07) is 7.71. The lowest BCUT2D eigenvalue weighted by atomic mass is 10.1. The molecule has 0 unspecified atom stereocenters. The molecule has 0 saturated carbocycles. The summed E-state index contributed by atoms with van der Waals surface area (Å²) in [7, 11) is -1.09. The highest BCUT2D eigenvalue weighted by Crippen LogP contribution is 2.25. The van der Waals surface area contributed by atoms with Gasteiger partial charge in [-0.15, -0.1) is 0 Å². The number of aromatic nitrogens is 2. The minimum atomic E-state index is -1.09. The van der Waals surface area contributed by atoms with Crippen molar-refractivity contribution in [2.75, 3.05) is 6.61 Å². The van der Waals surface area contributed by atoms with E-state index in [9.17, 15) is 9.59 Å². The van der Waals surface area contributed by atoms with Gasteiger partial charge in [0.15, 0.2) is 0 Å². The zero-order valence-corrected chi connectivity index (χ0v) is 17.9. The SMILES string of the molecule is C[C@@H](C=Cc1cnn(COCC[Si](C)(C)C)c1)N1C(=O)c2ccccc2C1=O. The summed E-state index contributed by atoms with van der Waals surface area (Å²) < 4.78 is 7.44. The molecule has 1 aliphatic rings. The second-order valence-electron chi connectivity index (χ2n) is 8.29. The first-order valence-corrected chi connectivity index (χ1v) is 13.2. The standard InChI is InChI=1S/C21H27N3O3Si/c1-16(24-20(25)18-7-5-6-8-19(18)21(24)26)9-10-17-13-22-23(14-17)15-27-11-12-28(2,3)4/h5-10,13-14,16H,11-12,15H2,1-4H3/t16-/m0/s1. The third-order valence-corrected chi connectivity index (χ3v) is 6.38. The largest absolute Gasteiger partial charge is 0.360 e. The second kappa shape index (κ2) is 8.24. The zero-order chi connectivity index (χ0) is 20.3. The summed E-state index contributed by atoms with van der Waals surface area (Å²) in [4.78, 5) is 26.3. The Bertz CT molecular complexity index is 863. The van der Waals surface area contributed by atoms with E-state index in [0.29, 0.717) is 17.9 Å². The van der Waals surface area contributed by atoms with Crippen molar-refractivity contribution in [2.45, 2.75) is 45.4 Å². The molecule has 1 aliphatic heterocycles. The summed E-state index contributed by atoms with van der Waals surface area (Å²) in [5.74, 6) is -0.492. The van der Waals surface area contributed by atoms with Gasteiger partial charge in [0.2, 0.25) is 0 Å². The molecule has 0 aliphatic carbocycles. The van der Waals surface area contributed by atoms with Crippen molar-refractivity contribution in [2.24, 2.45) is 0 Å². The second-order valence-corrected chi connectivity index (χ2v) is 13.9. The molecule has 0 N–H and O–H groups in total. The van der Waals surface area contributed by atoms with E-state index in [1.54, 1.807) is 35.1 Å². The third-order valence-electron chi connectivity index (χ3n) is 4.67. The van der Waals surface area contributed by atoms with Crippen LogP contribution in [-0.4, -0.2) is 47.2 Å². The van der Waals surface area contributed by atoms with E-state index >= 15 is 0 Å². The number of carbonyl (C=O) groups excluding carboxylic acids is 2. The molecule has 0 saturated heterocycles. The topological polar surface area (TPSA) is 64.4 Å². The van der Waals surface area contributed by atoms with E-state index in [-0.39, 0.29) is 17.9 Å². The van der Waals surface area contributed by atoms with E-state index in [4.69, 9.17) is 4.74 Å². The molecule has 0 spiro atoms. The van der Waals surface area contributed by atoms with E-state index in [2.05, 4.69) is 24.7 Å². The Morgan fingerprint density at radius 1 is 1.14 bits per heavy atom. The van der Waals surface area contributed by atoms with Crippen LogP contribution in [0.5, 0.6) is 0 Å². The van der Waals surface area contributed by atoms with Crippen LogP contribution in [0.1, 0.15) is 33.2 Å². The van der Waals surface area contributed by atoms with Gasteiger partial charge in [-0.1, -0.05) is 43.9 Å². The molecule has 7 heteroatoms. The Morgan fingerprint density at radius 3 is 2.39 bits per heavy atom. The van der Waals surface area contributed by atoms with Gasteiger partial charge in [0, 0.05) is 26.4 Å². The van der Waals surface area contributed by atoms with Gasteiger partial charge in [0.25, 0.3) is 11.8 Å². The Kier molecular flexibility index (Phi) is 5.95. The van der Waals surface area contributed by atoms with Crippen LogP contribution in [0, 0.1) is 0 Å². The molecule has 2 amide bonds. The number of carbonyl (C=O) groups is 2. The van der Waals surface area contributed by atoms with Gasteiger partial charge in [-0.05, 0) is 25.1 Å². The highest BCUT2D eigenvalue weighted by Gasteiger charge is 2.37. The summed E-state index contributed by atoms with van der Waals surface area (Å²) in [5.41, 5.74) is 1.84. The van der Waals surface area contributed by atoms with E-state index in [1.807, 2.05) is 25.3 Å². The maximum Gasteiger partial charge on any atom is 0.262 e. The monoisotopic (exact) mass is 397 g/mol. The van der Waals surface area contributed by atoms with Gasteiger partial charge >= 0.3 is 0 Å². The van der Waals surface area contributed by atoms with Crippen molar-refractivity contribution >= 4 is 26.0 Å². The van der Waals surface area contributed by atoms with Crippen molar-refractivity contribution in [3.8, 4) is 0 Å². The number of benzene rings is 1. The van der Waals surface area contributed by atoms with Crippen molar-refractivity contribution in [1.82, 2.24) is 14.7 Å². The number of fused-ring (bicyclic) bond motifs is 1. The average Bonchev–Trinajstić information content (AvgIpc) is 3.20. The smallest absolute Gasteiger partial charge is 0.262 e. The molecule has 0 fully saturated rings. The summed E-state index contributed by atoms with van der Waals surface area (Å²) in [6.07, 6.45) is 7.35. The highest BCUT2D eigenvalue weighted by molar-refractivity contribution is 6.76. The van der Waals surface area contributed by atoms with Crippen LogP contribution >= 0.6 is 0 Å². The van der Waals surface area contributed by atoms with Crippen LogP contribution < -0.4 is 0 Å². The number of imide groups is 1. The van der Waals surface area contributed by atoms with Crippen molar-refractivity contribution in [3.05, 3.63) is 59.4 Å². The third kappa shape index (κ3) is 4.66. The average molecular weight is 398 g/mol. The number of hydrogen-bond acceptors (Lipinski definition) is 4. The Hall–Kier alpha value is -2.51. The molecule has 0 radical (unpaired) electrons. The molecular weight excluding hydrogens is 370 g/mol. The van der Waals surface area contributed by atoms with Crippen molar-refractivity contribution in [1.29, 1.82) is 0 Å². The van der Waals surface area contributed by atoms with E-state index in [1.165, 1.54) is 4.90 Å². The summed E-state index contributed by atoms with van der Waals surface area (Å²) >= 11 is 0. The highest BCUT2D eigenvalue weighted by atomic mass is 28.3. The molecule has 1 aromatic heterocycles. The number of ether oxygens (including phenoxy) is 1. The predicted molar refractivity (Wildman–Crippen MR) is 112 cm³/mol. The lowest BCUT2D eigenvalue weighted by Gasteiger charge is -2.19. The molecule has 0 bridgehead atoms. The lowest BCUT2D eigenvalue weighted by Crippen LogP contribution is -2.36. The van der Waals surface area contributed by atoms with Gasteiger partial charge in [0.1, 0.15) is 6.73 Å². The van der Waals surface area contributed by atoms with E-state index in [0.717, 1.165) is 18.2 Å². The van der Waals surface area contributed by atoms with Crippen LogP contribution in [0.2, 0.25) is 25.7 Å². The number of amides is 2. The number of hydrogen-bond donors (Lipinski definition) is 0. The molecule has 2 aromatic rings. The minimum Gasteiger partial charge on any atom is -0.360 e. The number of nitrogens with zero attached hydrogens (tertiary/aromatic N) is 3. The fourth-order valence-electron chi connectivity index (χ4n) is 2.99. The fourth-order valence-corrected chi connectivity index (χ4v) is 3.74. The first kappa shape index (κ1) is 20.2. The van der Waals surface area contributed by atoms with Crippen molar-refractivity contribution < 1.29 is 14.3 Å². The van der Waals surface area contributed by atoms with Crippen LogP contribution in [0.15, 0.2) is 42.7 Å². The summed E-state index contributed by atoms with van der Waals surface area (Å²) in [5, 5.41) is 4.29. The summed E-state index contributed by atoms with van der Waals surface area (Å²) in [6.45, 7) is 9.97. The number of rotatable bonds is 8. The first-order chi connectivity index (χ1) is 13.3. The van der Waals surface area contributed by atoms with Gasteiger partial charge in [-0.3, -0.25) is 14.5 Å². The molecule has 28 heavy (non-hydrogen) atoms. The molecule has 6 nitrogen and oxygen atoms in total. The Labute approximate surface area is 166 Å². The molecular formula is C21H27N3O3Si. The lowest BCUT2D eigenvalue weighted by molar-refractivity contribution is 0.0625. The minimum absolute atomic E-state index is 0.246. The van der Waals surface area contributed by atoms with Crippen LogP contribution in [0.4, 0.5) is 0 Å². The van der Waals surface area contributed by atoms with E-state index < -0.39 is 8.07 Å². The van der Waals surface area contributed by atoms with Gasteiger partial charge < -0.3 is 4.74 Å². The molecule has 3 rings (SSSR count). The van der Waals surface area contributed by atoms with Crippen LogP contribution in [-0.2, 0) is 11.5 Å². The van der Waals surface area contributed by atoms with Gasteiger partial charge in [-0.2, -0.15) is 5.10 Å². The first-order valence-electron chi connectivity index (χ1n) is 9.51. The van der Waals surface area contributed by atoms with Crippen molar-refractivity contribution in [3.63, 3.8) is 0 Å². The molecule has 2 heterocycles. The van der Waals surface area contributed by atoms with Crippen LogP contribution in [0.3, 0.4) is 0 Å². The zero-order valence-electron chi connectivity index (χ0n) is 16.9. The molecule has 1 aromatic carbocycles. The maximum atomic E-state index is 12.5. The predicted octanol–water partition coefficient (Wildman–Crippen LogP) is 3.89. The molecule has 148 valence electrons. The van der Waals surface area contributed by atoms with Gasteiger partial charge in [-0.25, -0.2) is 4.68 Å². The molecule has 1 atom stereocenters. The fraction of sp³-hybridized carbons (Fsp3) is 0.381. The van der Waals surface area contributed by atoms with Crippen LogP contribution in [0.25, 0.3) is 6.08 Å². The normalized spacial score (nSPS) is 15.5. The maximum absolute atomic E-state index is 12.5.